The highest BCUT2D eigenvalue weighted by molar-refractivity contribution is 9.10. The number of hydrogen-bond acceptors (Lipinski definition) is 2. The van der Waals surface area contributed by atoms with Crippen LogP contribution in [0.4, 0.5) is 15.8 Å². The van der Waals surface area contributed by atoms with Crippen LogP contribution in [0.15, 0.2) is 40.9 Å². The minimum absolute atomic E-state index is 0.0165. The van der Waals surface area contributed by atoms with Crippen molar-refractivity contribution in [2.45, 2.75) is 6.04 Å². The standard InChI is InChI=1S/C14H9BrClFN2O/c15-7-1-4-12-9(5-7)13(14(20)19-12)18-8-2-3-11(17)10(16)6-8/h1-6,13,18H,(H,19,20). The molecule has 0 aromatic heterocycles. The number of halogens is 3. The molecule has 0 spiro atoms. The largest absolute Gasteiger partial charge is 0.370 e. The maximum atomic E-state index is 13.1. The molecule has 1 aliphatic rings. The highest BCUT2D eigenvalue weighted by Gasteiger charge is 2.30. The van der Waals surface area contributed by atoms with E-state index >= 15 is 0 Å². The fraction of sp³-hybridized carbons (Fsp3) is 0.0714. The zero-order chi connectivity index (χ0) is 14.3. The lowest BCUT2D eigenvalue weighted by Crippen LogP contribution is -2.19. The average Bonchev–Trinajstić information content (AvgIpc) is 2.70. The van der Waals surface area contributed by atoms with E-state index in [1.807, 2.05) is 18.2 Å². The van der Waals surface area contributed by atoms with Gasteiger partial charge < -0.3 is 10.6 Å². The maximum Gasteiger partial charge on any atom is 0.251 e. The summed E-state index contributed by atoms with van der Waals surface area (Å²) in [6.45, 7) is 0. The Morgan fingerprint density at radius 1 is 1.25 bits per heavy atom. The fourth-order valence-corrected chi connectivity index (χ4v) is 2.69. The highest BCUT2D eigenvalue weighted by Crippen LogP contribution is 2.35. The molecule has 6 heteroatoms. The molecule has 1 heterocycles. The first-order chi connectivity index (χ1) is 9.54. The summed E-state index contributed by atoms with van der Waals surface area (Å²) in [4.78, 5) is 12.0. The van der Waals surface area contributed by atoms with Crippen LogP contribution in [-0.2, 0) is 4.79 Å². The van der Waals surface area contributed by atoms with Crippen molar-refractivity contribution in [2.75, 3.05) is 10.6 Å². The van der Waals surface area contributed by atoms with Gasteiger partial charge in [-0.05, 0) is 36.4 Å². The van der Waals surface area contributed by atoms with Gasteiger partial charge in [0, 0.05) is 21.4 Å². The summed E-state index contributed by atoms with van der Waals surface area (Å²) >= 11 is 9.12. The lowest BCUT2D eigenvalue weighted by Gasteiger charge is -2.13. The van der Waals surface area contributed by atoms with Crippen molar-refractivity contribution < 1.29 is 9.18 Å². The van der Waals surface area contributed by atoms with Gasteiger partial charge in [0.2, 0.25) is 0 Å². The van der Waals surface area contributed by atoms with E-state index in [1.165, 1.54) is 12.1 Å². The van der Waals surface area contributed by atoms with Gasteiger partial charge >= 0.3 is 0 Å². The van der Waals surface area contributed by atoms with E-state index in [1.54, 1.807) is 6.07 Å². The Labute approximate surface area is 128 Å². The molecule has 2 aromatic carbocycles. The van der Waals surface area contributed by atoms with Crippen molar-refractivity contribution in [2.24, 2.45) is 0 Å². The lowest BCUT2D eigenvalue weighted by molar-refractivity contribution is -0.116. The Morgan fingerprint density at radius 2 is 2.05 bits per heavy atom. The second-order valence-electron chi connectivity index (χ2n) is 4.43. The zero-order valence-corrected chi connectivity index (χ0v) is 12.4. The molecule has 20 heavy (non-hydrogen) atoms. The van der Waals surface area contributed by atoms with Crippen LogP contribution in [0.3, 0.4) is 0 Å². The first-order valence-electron chi connectivity index (χ1n) is 5.86. The van der Waals surface area contributed by atoms with Gasteiger partial charge in [-0.1, -0.05) is 27.5 Å². The predicted octanol–water partition coefficient (Wildman–Crippen LogP) is 4.35. The van der Waals surface area contributed by atoms with E-state index in [2.05, 4.69) is 26.6 Å². The summed E-state index contributed by atoms with van der Waals surface area (Å²) < 4.78 is 14.0. The Kier molecular flexibility index (Phi) is 3.40. The summed E-state index contributed by atoms with van der Waals surface area (Å²) in [5.74, 6) is -0.644. The smallest absolute Gasteiger partial charge is 0.251 e. The molecule has 0 aliphatic carbocycles. The van der Waals surface area contributed by atoms with Crippen LogP contribution in [0.1, 0.15) is 11.6 Å². The molecule has 2 N–H and O–H groups in total. The monoisotopic (exact) mass is 354 g/mol. The van der Waals surface area contributed by atoms with E-state index in [9.17, 15) is 9.18 Å². The SMILES string of the molecule is O=C1Nc2ccc(Br)cc2C1Nc1ccc(F)c(Cl)c1. The van der Waals surface area contributed by atoms with E-state index in [0.717, 1.165) is 15.7 Å². The number of carbonyl (C=O) groups is 1. The molecular formula is C14H9BrClFN2O. The zero-order valence-electron chi connectivity index (χ0n) is 10.1. The molecule has 0 radical (unpaired) electrons. The van der Waals surface area contributed by atoms with Crippen molar-refractivity contribution in [1.82, 2.24) is 0 Å². The summed E-state index contributed by atoms with van der Waals surface area (Å²) in [6, 6.07) is 9.30. The first-order valence-corrected chi connectivity index (χ1v) is 7.03. The molecule has 1 unspecified atom stereocenters. The minimum Gasteiger partial charge on any atom is -0.370 e. The maximum absolute atomic E-state index is 13.1. The summed E-state index contributed by atoms with van der Waals surface area (Å²) in [7, 11) is 0. The molecular weight excluding hydrogens is 347 g/mol. The fourth-order valence-electron chi connectivity index (χ4n) is 2.13. The molecule has 3 nitrogen and oxygen atoms in total. The second kappa shape index (κ2) is 5.07. The van der Waals surface area contributed by atoms with Crippen LogP contribution in [0.25, 0.3) is 0 Å². The van der Waals surface area contributed by atoms with Gasteiger partial charge in [0.25, 0.3) is 5.91 Å². The normalized spacial score (nSPS) is 16.8. The van der Waals surface area contributed by atoms with Crippen LogP contribution >= 0.6 is 27.5 Å². The van der Waals surface area contributed by atoms with Crippen LogP contribution in [0.5, 0.6) is 0 Å². The van der Waals surface area contributed by atoms with Gasteiger partial charge in [-0.3, -0.25) is 4.79 Å². The molecule has 1 aliphatic heterocycles. The number of nitrogens with one attached hydrogen (secondary N) is 2. The second-order valence-corrected chi connectivity index (χ2v) is 5.75. The van der Waals surface area contributed by atoms with Crippen molar-refractivity contribution in [3.05, 3.63) is 57.3 Å². The third-order valence-electron chi connectivity index (χ3n) is 3.08. The number of carbonyl (C=O) groups excluding carboxylic acids is 1. The lowest BCUT2D eigenvalue weighted by atomic mass is 10.1. The number of anilines is 2. The summed E-state index contributed by atoms with van der Waals surface area (Å²) in [5.41, 5.74) is 2.19. The molecule has 3 rings (SSSR count). The van der Waals surface area contributed by atoms with Crippen LogP contribution < -0.4 is 10.6 Å². The quantitative estimate of drug-likeness (QED) is 0.841. The highest BCUT2D eigenvalue weighted by atomic mass is 79.9. The van der Waals surface area contributed by atoms with E-state index in [0.29, 0.717) is 5.69 Å². The molecule has 1 amide bonds. The number of amides is 1. The molecule has 0 bridgehead atoms. The Bertz CT molecular complexity index is 708. The Balaban J connectivity index is 1.93. The third kappa shape index (κ3) is 2.39. The van der Waals surface area contributed by atoms with Crippen molar-refractivity contribution in [3.63, 3.8) is 0 Å². The van der Waals surface area contributed by atoms with E-state index in [-0.39, 0.29) is 10.9 Å². The van der Waals surface area contributed by atoms with Crippen LogP contribution in [0.2, 0.25) is 5.02 Å². The molecule has 0 saturated carbocycles. The number of hydrogen-bond donors (Lipinski definition) is 2. The van der Waals surface area contributed by atoms with Gasteiger partial charge in [-0.25, -0.2) is 4.39 Å². The summed E-state index contributed by atoms with van der Waals surface area (Å²) in [6.07, 6.45) is 0. The first kappa shape index (κ1) is 13.4. The van der Waals surface area contributed by atoms with Gasteiger partial charge in [0.1, 0.15) is 11.9 Å². The van der Waals surface area contributed by atoms with Gasteiger partial charge in [-0.2, -0.15) is 0 Å². The number of fused-ring (bicyclic) bond motifs is 1. The molecule has 0 fully saturated rings. The van der Waals surface area contributed by atoms with E-state index < -0.39 is 11.9 Å². The third-order valence-corrected chi connectivity index (χ3v) is 3.86. The topological polar surface area (TPSA) is 41.1 Å². The molecule has 1 atom stereocenters. The van der Waals surface area contributed by atoms with Gasteiger partial charge in [0.05, 0.1) is 5.02 Å². The van der Waals surface area contributed by atoms with E-state index in [4.69, 9.17) is 11.6 Å². The van der Waals surface area contributed by atoms with Crippen LogP contribution in [-0.4, -0.2) is 5.91 Å². The molecule has 2 aromatic rings. The molecule has 0 saturated heterocycles. The van der Waals surface area contributed by atoms with Crippen molar-refractivity contribution in [1.29, 1.82) is 0 Å². The number of rotatable bonds is 2. The predicted molar refractivity (Wildman–Crippen MR) is 80.5 cm³/mol. The van der Waals surface area contributed by atoms with Gasteiger partial charge in [-0.15, -0.1) is 0 Å². The van der Waals surface area contributed by atoms with Crippen molar-refractivity contribution >= 4 is 44.8 Å². The Hall–Kier alpha value is -1.59. The van der Waals surface area contributed by atoms with Crippen LogP contribution in [0, 0.1) is 5.82 Å². The Morgan fingerprint density at radius 3 is 2.80 bits per heavy atom. The molecule has 102 valence electrons. The average molecular weight is 356 g/mol. The van der Waals surface area contributed by atoms with Crippen molar-refractivity contribution in [3.8, 4) is 0 Å². The number of benzene rings is 2. The summed E-state index contributed by atoms with van der Waals surface area (Å²) in [5, 5.41) is 5.87. The minimum atomic E-state index is -0.524. The van der Waals surface area contributed by atoms with Gasteiger partial charge in [0.15, 0.2) is 0 Å².